The van der Waals surface area contributed by atoms with Gasteiger partial charge in [-0.2, -0.15) is 0 Å². The molecule has 0 saturated carbocycles. The Kier molecular flexibility index (Phi) is 2.15. The predicted molar refractivity (Wildman–Crippen MR) is 52.5 cm³/mol. The van der Waals surface area contributed by atoms with Gasteiger partial charge in [0.05, 0.1) is 11.2 Å². The maximum absolute atomic E-state index is 12.9. The monoisotopic (exact) mass is 210 g/mol. The van der Waals surface area contributed by atoms with Gasteiger partial charge >= 0.3 is 0 Å². The molecule has 1 heterocycles. The van der Waals surface area contributed by atoms with Gasteiger partial charge in [-0.25, -0.2) is 8.78 Å². The molecular formula is C10H8F2N2O. The van der Waals surface area contributed by atoms with Crippen molar-refractivity contribution in [3.05, 3.63) is 30.0 Å². The number of fused-ring (bicyclic) bond motifs is 1. The van der Waals surface area contributed by atoms with Crippen molar-refractivity contribution >= 4 is 22.5 Å². The van der Waals surface area contributed by atoms with Crippen molar-refractivity contribution in [3.63, 3.8) is 0 Å². The molecule has 0 unspecified atom stereocenters. The Bertz CT molecular complexity index is 533. The summed E-state index contributed by atoms with van der Waals surface area (Å²) in [6, 6.07) is 2.10. The van der Waals surface area contributed by atoms with E-state index in [-0.39, 0.29) is 5.91 Å². The van der Waals surface area contributed by atoms with Crippen LogP contribution >= 0.6 is 0 Å². The van der Waals surface area contributed by atoms with Crippen LogP contribution in [0.2, 0.25) is 0 Å². The van der Waals surface area contributed by atoms with Crippen LogP contribution in [0.25, 0.3) is 10.9 Å². The van der Waals surface area contributed by atoms with Crippen LogP contribution in [0, 0.1) is 11.6 Å². The van der Waals surface area contributed by atoms with Gasteiger partial charge in [-0.1, -0.05) is 0 Å². The molecule has 0 saturated heterocycles. The zero-order valence-corrected chi connectivity index (χ0v) is 7.90. The summed E-state index contributed by atoms with van der Waals surface area (Å²) < 4.78 is 25.8. The number of aromatic amines is 1. The standard InChI is InChI=1S/C10H8F2N2O/c1-5(15)14-10-4-13-9-3-8(12)7(11)2-6(9)10/h2-4,13H,1H3,(H,14,15). The molecule has 0 aliphatic heterocycles. The molecule has 3 nitrogen and oxygen atoms in total. The van der Waals surface area contributed by atoms with Gasteiger partial charge in [0.1, 0.15) is 0 Å². The summed E-state index contributed by atoms with van der Waals surface area (Å²) >= 11 is 0. The number of anilines is 1. The maximum atomic E-state index is 12.9. The third-order valence-corrected chi connectivity index (χ3v) is 2.03. The first kappa shape index (κ1) is 9.64. The molecular weight excluding hydrogens is 202 g/mol. The summed E-state index contributed by atoms with van der Waals surface area (Å²) in [6.45, 7) is 1.35. The first-order valence-corrected chi connectivity index (χ1v) is 4.31. The van der Waals surface area contributed by atoms with Crippen LogP contribution < -0.4 is 5.32 Å². The second-order valence-electron chi connectivity index (χ2n) is 3.20. The molecule has 2 aromatic rings. The minimum atomic E-state index is -0.936. The lowest BCUT2D eigenvalue weighted by molar-refractivity contribution is -0.114. The van der Waals surface area contributed by atoms with Crippen molar-refractivity contribution in [2.24, 2.45) is 0 Å². The van der Waals surface area contributed by atoms with E-state index < -0.39 is 11.6 Å². The lowest BCUT2D eigenvalue weighted by Gasteiger charge is -1.99. The minimum Gasteiger partial charge on any atom is -0.359 e. The Morgan fingerprint density at radius 1 is 1.33 bits per heavy atom. The average Bonchev–Trinajstić information content (AvgIpc) is 2.49. The van der Waals surface area contributed by atoms with Crippen LogP contribution in [0.15, 0.2) is 18.3 Å². The predicted octanol–water partition coefficient (Wildman–Crippen LogP) is 2.40. The molecule has 1 aromatic carbocycles. The molecule has 0 aliphatic carbocycles. The SMILES string of the molecule is CC(=O)Nc1c[nH]c2cc(F)c(F)cc12. The van der Waals surface area contributed by atoms with Crippen molar-refractivity contribution in [2.45, 2.75) is 6.92 Å². The molecule has 2 N–H and O–H groups in total. The molecule has 2 rings (SSSR count). The Morgan fingerprint density at radius 2 is 2.00 bits per heavy atom. The topological polar surface area (TPSA) is 44.9 Å². The third kappa shape index (κ3) is 1.68. The lowest BCUT2D eigenvalue weighted by Crippen LogP contribution is -2.04. The van der Waals surface area contributed by atoms with Gasteiger partial charge in [0, 0.05) is 24.6 Å². The smallest absolute Gasteiger partial charge is 0.221 e. The molecule has 0 aliphatic rings. The van der Waals surface area contributed by atoms with Crippen LogP contribution in [0.5, 0.6) is 0 Å². The van der Waals surface area contributed by atoms with Crippen LogP contribution in [-0.4, -0.2) is 10.9 Å². The van der Waals surface area contributed by atoms with Crippen molar-refractivity contribution in [1.82, 2.24) is 4.98 Å². The molecule has 0 bridgehead atoms. The van der Waals surface area contributed by atoms with E-state index in [9.17, 15) is 13.6 Å². The van der Waals surface area contributed by atoms with E-state index in [0.29, 0.717) is 16.6 Å². The number of carbonyl (C=O) groups excluding carboxylic acids is 1. The zero-order valence-electron chi connectivity index (χ0n) is 7.90. The number of rotatable bonds is 1. The Morgan fingerprint density at radius 3 is 2.67 bits per heavy atom. The van der Waals surface area contributed by atoms with Crippen LogP contribution in [0.1, 0.15) is 6.92 Å². The van der Waals surface area contributed by atoms with E-state index in [1.165, 1.54) is 13.1 Å². The molecule has 0 fully saturated rings. The number of hydrogen-bond acceptors (Lipinski definition) is 1. The number of amides is 1. The van der Waals surface area contributed by atoms with E-state index in [0.717, 1.165) is 12.1 Å². The van der Waals surface area contributed by atoms with E-state index in [2.05, 4.69) is 10.3 Å². The normalized spacial score (nSPS) is 10.6. The first-order valence-electron chi connectivity index (χ1n) is 4.31. The highest BCUT2D eigenvalue weighted by molar-refractivity contribution is 6.00. The summed E-state index contributed by atoms with van der Waals surface area (Å²) in [5, 5.41) is 2.96. The average molecular weight is 210 g/mol. The van der Waals surface area contributed by atoms with Gasteiger partial charge < -0.3 is 10.3 Å². The first-order chi connectivity index (χ1) is 7.08. The molecule has 78 valence electrons. The molecule has 15 heavy (non-hydrogen) atoms. The maximum Gasteiger partial charge on any atom is 0.221 e. The molecule has 0 atom stereocenters. The largest absolute Gasteiger partial charge is 0.359 e. The highest BCUT2D eigenvalue weighted by Gasteiger charge is 2.09. The number of nitrogens with one attached hydrogen (secondary N) is 2. The third-order valence-electron chi connectivity index (χ3n) is 2.03. The molecule has 0 spiro atoms. The van der Waals surface area contributed by atoms with Gasteiger partial charge in [0.2, 0.25) is 5.91 Å². The minimum absolute atomic E-state index is 0.263. The zero-order chi connectivity index (χ0) is 11.0. The highest BCUT2D eigenvalue weighted by atomic mass is 19.2. The fourth-order valence-corrected chi connectivity index (χ4v) is 1.41. The van der Waals surface area contributed by atoms with Gasteiger partial charge in [0.15, 0.2) is 11.6 Å². The van der Waals surface area contributed by atoms with Crippen molar-refractivity contribution in [3.8, 4) is 0 Å². The lowest BCUT2D eigenvalue weighted by atomic mass is 10.2. The fourth-order valence-electron chi connectivity index (χ4n) is 1.41. The van der Waals surface area contributed by atoms with E-state index in [1.54, 1.807) is 0 Å². The number of hydrogen-bond donors (Lipinski definition) is 2. The number of benzene rings is 1. The van der Waals surface area contributed by atoms with Gasteiger partial charge in [-0.05, 0) is 6.07 Å². The molecule has 0 radical (unpaired) electrons. The second kappa shape index (κ2) is 3.34. The number of H-pyrrole nitrogens is 1. The quantitative estimate of drug-likeness (QED) is 0.745. The Labute approximate surface area is 84.1 Å². The molecule has 1 aromatic heterocycles. The van der Waals surface area contributed by atoms with Crippen molar-refractivity contribution in [1.29, 1.82) is 0 Å². The second-order valence-corrected chi connectivity index (χ2v) is 3.20. The van der Waals surface area contributed by atoms with Crippen molar-refractivity contribution in [2.75, 3.05) is 5.32 Å². The highest BCUT2D eigenvalue weighted by Crippen LogP contribution is 2.25. The van der Waals surface area contributed by atoms with Crippen LogP contribution in [0.3, 0.4) is 0 Å². The fraction of sp³-hybridized carbons (Fsp3) is 0.100. The van der Waals surface area contributed by atoms with E-state index in [1.807, 2.05) is 0 Å². The van der Waals surface area contributed by atoms with E-state index >= 15 is 0 Å². The Balaban J connectivity index is 2.59. The summed E-state index contributed by atoms with van der Waals surface area (Å²) in [5.74, 6) is -2.12. The molecule has 1 amide bonds. The van der Waals surface area contributed by atoms with Gasteiger partial charge in [-0.3, -0.25) is 4.79 Å². The van der Waals surface area contributed by atoms with Crippen LogP contribution in [-0.2, 0) is 4.79 Å². The molecule has 5 heteroatoms. The number of halogens is 2. The van der Waals surface area contributed by atoms with E-state index in [4.69, 9.17) is 0 Å². The summed E-state index contributed by atoms with van der Waals surface area (Å²) in [6.07, 6.45) is 1.49. The van der Waals surface area contributed by atoms with Gasteiger partial charge in [-0.15, -0.1) is 0 Å². The summed E-state index contributed by atoms with van der Waals surface area (Å²) in [4.78, 5) is 13.6. The summed E-state index contributed by atoms with van der Waals surface area (Å²) in [5.41, 5.74) is 0.883. The van der Waals surface area contributed by atoms with Crippen LogP contribution in [0.4, 0.5) is 14.5 Å². The van der Waals surface area contributed by atoms with Crippen molar-refractivity contribution < 1.29 is 13.6 Å². The van der Waals surface area contributed by atoms with Gasteiger partial charge in [0.25, 0.3) is 0 Å². The number of carbonyl (C=O) groups is 1. The Hall–Kier alpha value is -1.91. The number of aromatic nitrogens is 1. The summed E-state index contributed by atoms with van der Waals surface area (Å²) in [7, 11) is 0.